The minimum Gasteiger partial charge on any atom is -0.495 e. The van der Waals surface area contributed by atoms with Gasteiger partial charge in [0.1, 0.15) is 5.75 Å². The highest BCUT2D eigenvalue weighted by molar-refractivity contribution is 8.01. The van der Waals surface area contributed by atoms with Crippen LogP contribution >= 0.6 is 23.1 Å². The molecular formula is C18H26N4O5S3. The van der Waals surface area contributed by atoms with E-state index in [1.807, 2.05) is 13.8 Å². The van der Waals surface area contributed by atoms with Gasteiger partial charge in [-0.15, -0.1) is 5.10 Å². The van der Waals surface area contributed by atoms with Gasteiger partial charge in [-0.25, -0.2) is 8.42 Å². The number of ether oxygens (including phenoxy) is 2. The van der Waals surface area contributed by atoms with Gasteiger partial charge in [0.15, 0.2) is 4.34 Å². The normalized spacial score (nSPS) is 11.7. The molecule has 1 aromatic carbocycles. The van der Waals surface area contributed by atoms with Gasteiger partial charge in [0.05, 0.1) is 29.5 Å². The van der Waals surface area contributed by atoms with Gasteiger partial charge < -0.3 is 14.8 Å². The lowest BCUT2D eigenvalue weighted by molar-refractivity contribution is -0.113. The maximum atomic E-state index is 12.8. The van der Waals surface area contributed by atoms with Crippen LogP contribution in [0.1, 0.15) is 27.7 Å². The quantitative estimate of drug-likeness (QED) is 0.495. The third kappa shape index (κ3) is 6.30. The highest BCUT2D eigenvalue weighted by atomic mass is 32.2. The van der Waals surface area contributed by atoms with Gasteiger partial charge in [-0.05, 0) is 43.4 Å². The molecule has 12 heteroatoms. The zero-order chi connectivity index (χ0) is 22.3. The molecule has 9 nitrogen and oxygen atoms in total. The predicted octanol–water partition coefficient (Wildman–Crippen LogP) is 3.10. The molecule has 0 spiro atoms. The van der Waals surface area contributed by atoms with Crippen LogP contribution in [0.4, 0.5) is 5.69 Å². The molecule has 0 aliphatic heterocycles. The molecule has 1 heterocycles. The molecule has 1 aromatic heterocycles. The summed E-state index contributed by atoms with van der Waals surface area (Å²) in [6.45, 7) is 8.04. The Kier molecular flexibility index (Phi) is 8.89. The molecule has 30 heavy (non-hydrogen) atoms. The molecule has 0 aliphatic rings. The van der Waals surface area contributed by atoms with E-state index in [4.69, 9.17) is 9.47 Å². The lowest BCUT2D eigenvalue weighted by Gasteiger charge is -2.19. The molecule has 0 atom stereocenters. The largest absolute Gasteiger partial charge is 0.495 e. The lowest BCUT2D eigenvalue weighted by atomic mass is 10.3. The van der Waals surface area contributed by atoms with Crippen molar-refractivity contribution < 1.29 is 22.7 Å². The number of anilines is 1. The molecule has 0 fully saturated rings. The maximum Gasteiger partial charge on any atom is 0.295 e. The number of rotatable bonds is 11. The number of benzene rings is 1. The molecule has 0 saturated carbocycles. The Bertz CT molecular complexity index is 958. The standard InChI is InChI=1S/C18H26N4O5S3/c1-6-22(7-2)30(24,25)13-8-9-15(26-5)14(10-13)19-16(23)11-28-18-21-20-17(29-18)27-12(3)4/h8-10,12H,6-7,11H2,1-5H3,(H,19,23). The number of carbonyl (C=O) groups is 1. The number of hydrogen-bond acceptors (Lipinski definition) is 9. The van der Waals surface area contributed by atoms with E-state index in [0.717, 1.165) is 0 Å². The maximum absolute atomic E-state index is 12.8. The second-order valence-corrected chi connectivity index (χ2v) is 10.4. The minimum absolute atomic E-state index is 0.00791. The van der Waals surface area contributed by atoms with Crippen LogP contribution in [0.5, 0.6) is 10.9 Å². The molecule has 0 radical (unpaired) electrons. The summed E-state index contributed by atoms with van der Waals surface area (Å²) in [6, 6.07) is 4.41. The summed E-state index contributed by atoms with van der Waals surface area (Å²) < 4.78 is 38.2. The number of thioether (sulfide) groups is 1. The van der Waals surface area contributed by atoms with Crippen LogP contribution in [0.2, 0.25) is 0 Å². The zero-order valence-electron chi connectivity index (χ0n) is 17.5. The van der Waals surface area contributed by atoms with Crippen LogP contribution in [0.15, 0.2) is 27.4 Å². The van der Waals surface area contributed by atoms with Crippen LogP contribution in [0.25, 0.3) is 0 Å². The van der Waals surface area contributed by atoms with Crippen LogP contribution in [-0.2, 0) is 14.8 Å². The van der Waals surface area contributed by atoms with Crippen molar-refractivity contribution in [2.75, 3.05) is 31.3 Å². The highest BCUT2D eigenvalue weighted by Gasteiger charge is 2.23. The number of nitrogens with zero attached hydrogens (tertiary/aromatic N) is 3. The summed E-state index contributed by atoms with van der Waals surface area (Å²) in [4.78, 5) is 12.5. The molecule has 1 amide bonds. The Morgan fingerprint density at radius 3 is 2.57 bits per heavy atom. The van der Waals surface area contributed by atoms with Crippen molar-refractivity contribution in [3.05, 3.63) is 18.2 Å². The Labute approximate surface area is 185 Å². The summed E-state index contributed by atoms with van der Waals surface area (Å²) >= 11 is 2.48. The second-order valence-electron chi connectivity index (χ2n) is 6.29. The summed E-state index contributed by atoms with van der Waals surface area (Å²) in [5.41, 5.74) is 0.289. The smallest absolute Gasteiger partial charge is 0.295 e. The molecule has 1 N–H and O–H groups in total. The van der Waals surface area contributed by atoms with E-state index in [1.54, 1.807) is 13.8 Å². The van der Waals surface area contributed by atoms with Crippen molar-refractivity contribution in [1.82, 2.24) is 14.5 Å². The van der Waals surface area contributed by atoms with Crippen LogP contribution in [0.3, 0.4) is 0 Å². The summed E-state index contributed by atoms with van der Waals surface area (Å²) in [5, 5.41) is 11.1. The molecular weight excluding hydrogens is 448 g/mol. The topological polar surface area (TPSA) is 111 Å². The van der Waals surface area contributed by atoms with Crippen molar-refractivity contribution in [2.24, 2.45) is 0 Å². The highest BCUT2D eigenvalue weighted by Crippen LogP contribution is 2.30. The van der Waals surface area contributed by atoms with Crippen LogP contribution in [0, 0.1) is 0 Å². The van der Waals surface area contributed by atoms with Crippen LogP contribution in [-0.4, -0.2) is 60.9 Å². The third-order valence-corrected chi connectivity index (χ3v) is 7.83. The average molecular weight is 475 g/mol. The first-order valence-electron chi connectivity index (χ1n) is 9.32. The number of hydrogen-bond donors (Lipinski definition) is 1. The van der Waals surface area contributed by atoms with Gasteiger partial charge in [0.2, 0.25) is 15.9 Å². The molecule has 0 aliphatic carbocycles. The van der Waals surface area contributed by atoms with Crippen molar-refractivity contribution >= 4 is 44.7 Å². The second kappa shape index (κ2) is 10.9. The lowest BCUT2D eigenvalue weighted by Crippen LogP contribution is -2.30. The minimum atomic E-state index is -3.66. The Balaban J connectivity index is 2.11. The van der Waals surface area contributed by atoms with Gasteiger partial charge in [-0.1, -0.05) is 30.7 Å². The number of sulfonamides is 1. The molecule has 2 aromatic rings. The van der Waals surface area contributed by atoms with E-state index in [1.165, 1.54) is 52.7 Å². The van der Waals surface area contributed by atoms with E-state index in [9.17, 15) is 13.2 Å². The fraction of sp³-hybridized carbons (Fsp3) is 0.500. The zero-order valence-corrected chi connectivity index (χ0v) is 20.0. The number of nitrogens with one attached hydrogen (secondary N) is 1. The first-order chi connectivity index (χ1) is 14.2. The summed E-state index contributed by atoms with van der Waals surface area (Å²) in [5.74, 6) is 0.125. The van der Waals surface area contributed by atoms with Crippen molar-refractivity contribution in [2.45, 2.75) is 43.0 Å². The van der Waals surface area contributed by atoms with E-state index < -0.39 is 10.0 Å². The molecule has 166 valence electrons. The van der Waals surface area contributed by atoms with Crippen LogP contribution < -0.4 is 14.8 Å². The average Bonchev–Trinajstić information content (AvgIpc) is 3.13. The SMILES string of the molecule is CCN(CC)S(=O)(=O)c1ccc(OC)c(NC(=O)CSc2nnc(OC(C)C)s2)c1. The fourth-order valence-electron chi connectivity index (χ4n) is 2.48. The molecule has 2 rings (SSSR count). The Morgan fingerprint density at radius 2 is 1.97 bits per heavy atom. The van der Waals surface area contributed by atoms with E-state index in [2.05, 4.69) is 15.5 Å². The first-order valence-corrected chi connectivity index (χ1v) is 12.6. The third-order valence-electron chi connectivity index (χ3n) is 3.84. The van der Waals surface area contributed by atoms with Gasteiger partial charge in [0, 0.05) is 13.1 Å². The number of aromatic nitrogens is 2. The van der Waals surface area contributed by atoms with Crippen molar-refractivity contribution in [3.8, 4) is 10.9 Å². The number of amides is 1. The number of methoxy groups -OCH3 is 1. The monoisotopic (exact) mass is 474 g/mol. The van der Waals surface area contributed by atoms with Crippen molar-refractivity contribution in [3.63, 3.8) is 0 Å². The summed E-state index contributed by atoms with van der Waals surface area (Å²) in [6.07, 6.45) is -0.00791. The van der Waals surface area contributed by atoms with E-state index >= 15 is 0 Å². The predicted molar refractivity (Wildman–Crippen MR) is 118 cm³/mol. The Morgan fingerprint density at radius 1 is 1.27 bits per heavy atom. The Hall–Kier alpha value is -1.89. The van der Waals surface area contributed by atoms with Gasteiger partial charge >= 0.3 is 0 Å². The fourth-order valence-corrected chi connectivity index (χ4v) is 5.57. The number of carbonyl (C=O) groups excluding carboxylic acids is 1. The molecule has 0 bridgehead atoms. The summed E-state index contributed by atoms with van der Waals surface area (Å²) in [7, 11) is -2.20. The first kappa shape index (κ1) is 24.4. The van der Waals surface area contributed by atoms with Gasteiger partial charge in [-0.2, -0.15) is 4.31 Å². The van der Waals surface area contributed by atoms with E-state index in [0.29, 0.717) is 28.4 Å². The molecule has 0 saturated heterocycles. The van der Waals surface area contributed by atoms with Crippen molar-refractivity contribution in [1.29, 1.82) is 0 Å². The van der Waals surface area contributed by atoms with Gasteiger partial charge in [-0.3, -0.25) is 4.79 Å². The molecule has 0 unspecified atom stereocenters. The van der Waals surface area contributed by atoms with Gasteiger partial charge in [0.25, 0.3) is 5.19 Å². The van der Waals surface area contributed by atoms with E-state index in [-0.39, 0.29) is 28.3 Å².